The highest BCUT2D eigenvalue weighted by Crippen LogP contribution is 2.19. The molecule has 0 fully saturated rings. The second-order valence-corrected chi connectivity index (χ2v) is 5.62. The van der Waals surface area contributed by atoms with E-state index in [1.807, 2.05) is 48.7 Å². The molecule has 1 aromatic heterocycles. The minimum atomic E-state index is -0.369. The molecule has 0 unspecified atom stereocenters. The molecule has 2 rings (SSSR count). The third-order valence-electron chi connectivity index (χ3n) is 3.15. The van der Waals surface area contributed by atoms with Crippen LogP contribution in [0.3, 0.4) is 0 Å². The topological polar surface area (TPSA) is 62.1 Å². The number of thiophene rings is 1. The van der Waals surface area contributed by atoms with Crippen molar-refractivity contribution in [3.63, 3.8) is 0 Å². The van der Waals surface area contributed by atoms with Gasteiger partial charge in [-0.05, 0) is 47.7 Å². The maximum Gasteiger partial charge on any atom is 0.262 e. The average molecular weight is 312 g/mol. The van der Waals surface area contributed by atoms with Gasteiger partial charge in [-0.3, -0.25) is 4.79 Å². The van der Waals surface area contributed by atoms with Gasteiger partial charge in [-0.2, -0.15) is 5.26 Å². The molecule has 5 heteroatoms. The number of nitrogens with zero attached hydrogens (tertiary/aromatic N) is 1. The Hall–Kier alpha value is -2.58. The molecule has 0 bridgehead atoms. The standard InChI is InChI=1S/C17H16N2O2S/c1-12-7-8-22-16(12)9-14(10-18)17(20)19-11-13-3-5-15(21-2)6-4-13/h3-9H,11H2,1-2H3,(H,19,20)/b14-9+. The van der Waals surface area contributed by atoms with Gasteiger partial charge in [0.2, 0.25) is 0 Å². The number of carbonyl (C=O) groups excluding carboxylic acids is 1. The third-order valence-corrected chi connectivity index (χ3v) is 4.12. The molecule has 0 radical (unpaired) electrons. The molecule has 4 nitrogen and oxygen atoms in total. The first-order valence-corrected chi connectivity index (χ1v) is 7.59. The number of aryl methyl sites for hydroxylation is 1. The van der Waals surface area contributed by atoms with Crippen LogP contribution in [0.25, 0.3) is 6.08 Å². The minimum absolute atomic E-state index is 0.110. The molecule has 2 aromatic rings. The van der Waals surface area contributed by atoms with Crippen LogP contribution >= 0.6 is 11.3 Å². The lowest BCUT2D eigenvalue weighted by Gasteiger charge is -2.05. The average Bonchev–Trinajstić information content (AvgIpc) is 2.95. The van der Waals surface area contributed by atoms with E-state index in [9.17, 15) is 4.79 Å². The first-order valence-electron chi connectivity index (χ1n) is 6.71. The first-order chi connectivity index (χ1) is 10.6. The number of amides is 1. The smallest absolute Gasteiger partial charge is 0.262 e. The van der Waals surface area contributed by atoms with Crippen LogP contribution in [0.15, 0.2) is 41.3 Å². The molecule has 0 saturated carbocycles. The zero-order valence-corrected chi connectivity index (χ0v) is 13.2. The zero-order chi connectivity index (χ0) is 15.9. The molecular formula is C17H16N2O2S. The van der Waals surface area contributed by atoms with Crippen LogP contribution in [0, 0.1) is 18.3 Å². The Balaban J connectivity index is 2.02. The summed E-state index contributed by atoms with van der Waals surface area (Å²) in [5, 5.41) is 13.8. The summed E-state index contributed by atoms with van der Waals surface area (Å²) in [6, 6.07) is 11.3. The highest BCUT2D eigenvalue weighted by atomic mass is 32.1. The molecule has 0 spiro atoms. The summed E-state index contributed by atoms with van der Waals surface area (Å²) in [6.07, 6.45) is 1.63. The highest BCUT2D eigenvalue weighted by molar-refractivity contribution is 7.11. The number of carbonyl (C=O) groups is 1. The summed E-state index contributed by atoms with van der Waals surface area (Å²) in [7, 11) is 1.60. The van der Waals surface area contributed by atoms with Crippen molar-refractivity contribution in [1.82, 2.24) is 5.32 Å². The molecule has 1 N–H and O–H groups in total. The Morgan fingerprint density at radius 1 is 1.36 bits per heavy atom. The van der Waals surface area contributed by atoms with E-state index in [0.29, 0.717) is 6.54 Å². The molecule has 0 aliphatic carbocycles. The number of nitriles is 1. The van der Waals surface area contributed by atoms with Crippen LogP contribution in [0.4, 0.5) is 0 Å². The molecule has 1 aromatic carbocycles. The van der Waals surface area contributed by atoms with E-state index in [4.69, 9.17) is 10.00 Å². The molecule has 0 saturated heterocycles. The Bertz CT molecular complexity index is 724. The van der Waals surface area contributed by atoms with Crippen molar-refractivity contribution < 1.29 is 9.53 Å². The lowest BCUT2D eigenvalue weighted by molar-refractivity contribution is -0.117. The van der Waals surface area contributed by atoms with Crippen molar-refractivity contribution >= 4 is 23.3 Å². The van der Waals surface area contributed by atoms with Crippen molar-refractivity contribution in [1.29, 1.82) is 5.26 Å². The molecular weight excluding hydrogens is 296 g/mol. The van der Waals surface area contributed by atoms with Crippen LogP contribution in [-0.4, -0.2) is 13.0 Å². The summed E-state index contributed by atoms with van der Waals surface area (Å²) in [5.41, 5.74) is 2.11. The number of hydrogen-bond acceptors (Lipinski definition) is 4. The van der Waals surface area contributed by atoms with Crippen LogP contribution in [0.2, 0.25) is 0 Å². The van der Waals surface area contributed by atoms with Crippen LogP contribution in [-0.2, 0) is 11.3 Å². The molecule has 0 atom stereocenters. The summed E-state index contributed by atoms with van der Waals surface area (Å²) >= 11 is 1.51. The minimum Gasteiger partial charge on any atom is -0.497 e. The van der Waals surface area contributed by atoms with Gasteiger partial charge >= 0.3 is 0 Å². The second-order valence-electron chi connectivity index (χ2n) is 4.67. The Morgan fingerprint density at radius 3 is 2.64 bits per heavy atom. The van der Waals surface area contributed by atoms with Crippen LogP contribution < -0.4 is 10.1 Å². The van der Waals surface area contributed by atoms with Gasteiger partial charge in [-0.15, -0.1) is 11.3 Å². The third kappa shape index (κ3) is 3.96. The lowest BCUT2D eigenvalue weighted by atomic mass is 10.2. The van der Waals surface area contributed by atoms with Crippen molar-refractivity contribution in [3.05, 3.63) is 57.3 Å². The fourth-order valence-corrected chi connectivity index (χ4v) is 2.69. The molecule has 1 amide bonds. The zero-order valence-electron chi connectivity index (χ0n) is 12.4. The summed E-state index contributed by atoms with van der Waals surface area (Å²) in [6.45, 7) is 2.32. The quantitative estimate of drug-likeness (QED) is 0.680. The van der Waals surface area contributed by atoms with E-state index >= 15 is 0 Å². The normalized spacial score (nSPS) is 10.9. The maximum atomic E-state index is 12.1. The number of methoxy groups -OCH3 is 1. The molecule has 112 valence electrons. The summed E-state index contributed by atoms with van der Waals surface area (Å²) in [5.74, 6) is 0.395. The maximum absolute atomic E-state index is 12.1. The van der Waals surface area contributed by atoms with Gasteiger partial charge in [-0.25, -0.2) is 0 Å². The van der Waals surface area contributed by atoms with Gasteiger partial charge < -0.3 is 10.1 Å². The summed E-state index contributed by atoms with van der Waals surface area (Å²) in [4.78, 5) is 13.0. The van der Waals surface area contributed by atoms with Crippen molar-refractivity contribution in [2.75, 3.05) is 7.11 Å². The van der Waals surface area contributed by atoms with E-state index in [-0.39, 0.29) is 11.5 Å². The number of hydrogen-bond donors (Lipinski definition) is 1. The van der Waals surface area contributed by atoms with Gasteiger partial charge in [0.15, 0.2) is 0 Å². The van der Waals surface area contributed by atoms with Gasteiger partial charge in [0.05, 0.1) is 7.11 Å². The van der Waals surface area contributed by atoms with Gasteiger partial charge in [0, 0.05) is 11.4 Å². The molecule has 0 aliphatic heterocycles. The van der Waals surface area contributed by atoms with Gasteiger partial charge in [0.25, 0.3) is 5.91 Å². The number of benzene rings is 1. The van der Waals surface area contributed by atoms with Gasteiger partial charge in [0.1, 0.15) is 17.4 Å². The first kappa shape index (κ1) is 15.8. The van der Waals surface area contributed by atoms with E-state index in [1.165, 1.54) is 11.3 Å². The van der Waals surface area contributed by atoms with Crippen LogP contribution in [0.1, 0.15) is 16.0 Å². The van der Waals surface area contributed by atoms with E-state index in [0.717, 1.165) is 21.8 Å². The lowest BCUT2D eigenvalue weighted by Crippen LogP contribution is -2.23. The van der Waals surface area contributed by atoms with E-state index < -0.39 is 0 Å². The fraction of sp³-hybridized carbons (Fsp3) is 0.176. The largest absolute Gasteiger partial charge is 0.497 e. The Labute approximate surface area is 133 Å². The molecule has 1 heterocycles. The second kappa shape index (κ2) is 7.43. The number of nitrogens with one attached hydrogen (secondary N) is 1. The fourth-order valence-electron chi connectivity index (χ4n) is 1.83. The molecule has 0 aliphatic rings. The van der Waals surface area contributed by atoms with Gasteiger partial charge in [-0.1, -0.05) is 12.1 Å². The number of ether oxygens (including phenoxy) is 1. The molecule has 22 heavy (non-hydrogen) atoms. The van der Waals surface area contributed by atoms with E-state index in [2.05, 4.69) is 5.32 Å². The Kier molecular flexibility index (Phi) is 5.34. The predicted octanol–water partition coefficient (Wildman–Crippen LogP) is 3.29. The van der Waals surface area contributed by atoms with Crippen molar-refractivity contribution in [2.45, 2.75) is 13.5 Å². The monoisotopic (exact) mass is 312 g/mol. The van der Waals surface area contributed by atoms with Crippen molar-refractivity contribution in [3.8, 4) is 11.8 Å². The van der Waals surface area contributed by atoms with E-state index in [1.54, 1.807) is 13.2 Å². The number of rotatable bonds is 5. The summed E-state index contributed by atoms with van der Waals surface area (Å²) < 4.78 is 5.08. The predicted molar refractivity (Wildman–Crippen MR) is 87.5 cm³/mol. The highest BCUT2D eigenvalue weighted by Gasteiger charge is 2.10. The SMILES string of the molecule is COc1ccc(CNC(=O)/C(C#N)=C/c2sccc2C)cc1. The van der Waals surface area contributed by atoms with Crippen LogP contribution in [0.5, 0.6) is 5.75 Å². The Morgan fingerprint density at radius 2 is 2.09 bits per heavy atom. The van der Waals surface area contributed by atoms with Crippen molar-refractivity contribution in [2.24, 2.45) is 0 Å².